The van der Waals surface area contributed by atoms with Gasteiger partial charge in [-0.2, -0.15) is 0 Å². The molecule has 0 fully saturated rings. The Hall–Kier alpha value is -1.77. The van der Waals surface area contributed by atoms with Gasteiger partial charge in [0.2, 0.25) is 0 Å². The van der Waals surface area contributed by atoms with Crippen LogP contribution in [0, 0.1) is 0 Å². The molecule has 0 bridgehead atoms. The van der Waals surface area contributed by atoms with Gasteiger partial charge < -0.3 is 4.90 Å². The summed E-state index contributed by atoms with van der Waals surface area (Å²) in [5.74, 6) is 0. The van der Waals surface area contributed by atoms with Gasteiger partial charge >= 0.3 is 0 Å². The van der Waals surface area contributed by atoms with Gasteiger partial charge in [-0.1, -0.05) is 29.3 Å². The van der Waals surface area contributed by atoms with Crippen molar-refractivity contribution >= 4 is 46.4 Å². The molecule has 2 aromatic carbocycles. The molecule has 0 N–H and O–H groups in total. The first-order chi connectivity index (χ1) is 11.3. The summed E-state index contributed by atoms with van der Waals surface area (Å²) in [6, 6.07) is 11.5. The second-order valence-corrected chi connectivity index (χ2v) is 7.51. The highest BCUT2D eigenvalue weighted by atomic mass is 35.5. The summed E-state index contributed by atoms with van der Waals surface area (Å²) in [4.78, 5) is 6.75. The van der Waals surface area contributed by atoms with Gasteiger partial charge in [-0.15, -0.1) is 0 Å². The van der Waals surface area contributed by atoms with Crippen molar-refractivity contribution in [2.75, 3.05) is 11.9 Å². The molecule has 1 heterocycles. The Balaban J connectivity index is 2.00. The second-order valence-electron chi connectivity index (χ2n) is 6.67. The van der Waals surface area contributed by atoms with E-state index in [2.05, 4.69) is 49.9 Å². The van der Waals surface area contributed by atoms with Crippen LogP contribution in [0.4, 0.5) is 11.4 Å². The van der Waals surface area contributed by atoms with Crippen molar-refractivity contribution in [1.29, 1.82) is 0 Å². The summed E-state index contributed by atoms with van der Waals surface area (Å²) in [6.07, 6.45) is 4.09. The van der Waals surface area contributed by atoms with E-state index in [0.717, 1.165) is 16.9 Å². The van der Waals surface area contributed by atoms with Crippen LogP contribution in [-0.2, 0) is 0 Å². The number of nitrogens with zero attached hydrogens (tertiary/aromatic N) is 2. The first kappa shape index (κ1) is 17.1. The fourth-order valence-electron chi connectivity index (χ4n) is 2.96. The lowest BCUT2D eigenvalue weighted by atomic mass is 9.88. The largest absolute Gasteiger partial charge is 0.365 e. The molecule has 124 valence electrons. The molecule has 0 aromatic heterocycles. The van der Waals surface area contributed by atoms with Gasteiger partial charge in [0.25, 0.3) is 0 Å². The van der Waals surface area contributed by atoms with Crippen LogP contribution in [0.3, 0.4) is 0 Å². The third-order valence-electron chi connectivity index (χ3n) is 4.51. The lowest BCUT2D eigenvalue weighted by Gasteiger charge is -2.40. The predicted molar refractivity (Wildman–Crippen MR) is 106 cm³/mol. The molecule has 2 aromatic rings. The topological polar surface area (TPSA) is 15.6 Å². The van der Waals surface area contributed by atoms with E-state index in [1.165, 1.54) is 11.1 Å². The number of hydrogen-bond acceptors (Lipinski definition) is 2. The Morgan fingerprint density at radius 1 is 1.08 bits per heavy atom. The molecule has 0 aliphatic carbocycles. The van der Waals surface area contributed by atoms with Crippen LogP contribution < -0.4 is 4.90 Å². The number of hydrogen-bond donors (Lipinski definition) is 0. The number of fused-ring (bicyclic) bond motifs is 1. The monoisotopic (exact) mass is 358 g/mol. The third kappa shape index (κ3) is 3.22. The molecule has 0 radical (unpaired) electrons. The molecule has 1 aliphatic rings. The van der Waals surface area contributed by atoms with Crippen molar-refractivity contribution in [3.05, 3.63) is 63.6 Å². The van der Waals surface area contributed by atoms with E-state index in [1.807, 2.05) is 30.3 Å². The van der Waals surface area contributed by atoms with Crippen LogP contribution in [0.25, 0.3) is 5.57 Å². The van der Waals surface area contributed by atoms with Gasteiger partial charge in [-0.05, 0) is 62.7 Å². The number of halogens is 2. The minimum atomic E-state index is -0.0284. The first-order valence-corrected chi connectivity index (χ1v) is 8.60. The Kier molecular flexibility index (Phi) is 4.46. The maximum atomic E-state index is 6.50. The quantitative estimate of drug-likeness (QED) is 0.569. The van der Waals surface area contributed by atoms with Crippen molar-refractivity contribution in [2.24, 2.45) is 4.99 Å². The summed E-state index contributed by atoms with van der Waals surface area (Å²) in [6.45, 7) is 6.54. The zero-order valence-electron chi connectivity index (χ0n) is 14.3. The second kappa shape index (κ2) is 6.27. The van der Waals surface area contributed by atoms with Crippen molar-refractivity contribution < 1.29 is 0 Å². The van der Waals surface area contributed by atoms with Crippen LogP contribution >= 0.6 is 23.2 Å². The average Bonchev–Trinajstić information content (AvgIpc) is 2.52. The van der Waals surface area contributed by atoms with E-state index in [0.29, 0.717) is 10.0 Å². The van der Waals surface area contributed by atoms with Crippen molar-refractivity contribution in [3.8, 4) is 0 Å². The average molecular weight is 359 g/mol. The maximum absolute atomic E-state index is 6.50. The van der Waals surface area contributed by atoms with Crippen LogP contribution in [0.1, 0.15) is 31.9 Å². The summed E-state index contributed by atoms with van der Waals surface area (Å²) in [5, 5.41) is 1.40. The van der Waals surface area contributed by atoms with E-state index in [1.54, 1.807) is 6.21 Å². The molecule has 0 atom stereocenters. The summed E-state index contributed by atoms with van der Waals surface area (Å²) in [7, 11) is 2.10. The Labute approximate surface area is 153 Å². The van der Waals surface area contributed by atoms with E-state index in [9.17, 15) is 0 Å². The molecular weight excluding hydrogens is 339 g/mol. The van der Waals surface area contributed by atoms with Crippen LogP contribution in [-0.4, -0.2) is 18.8 Å². The lowest BCUT2D eigenvalue weighted by molar-refractivity contribution is 0.598. The molecule has 0 unspecified atom stereocenters. The molecule has 4 heteroatoms. The van der Waals surface area contributed by atoms with E-state index >= 15 is 0 Å². The summed E-state index contributed by atoms with van der Waals surface area (Å²) in [5.41, 5.74) is 5.32. The van der Waals surface area contributed by atoms with E-state index < -0.39 is 0 Å². The van der Waals surface area contributed by atoms with Crippen molar-refractivity contribution in [3.63, 3.8) is 0 Å². The highest BCUT2D eigenvalue weighted by molar-refractivity contribution is 6.33. The zero-order valence-corrected chi connectivity index (χ0v) is 15.8. The number of rotatable bonds is 2. The van der Waals surface area contributed by atoms with Crippen LogP contribution in [0.2, 0.25) is 10.0 Å². The number of benzene rings is 2. The number of likely N-dealkylation sites (N-methyl/N-ethyl adjacent to an activating group) is 1. The SMILES string of the molecule is CC1=CC(C)(C)N(C)c2cc(Cl)c(C=Nc3ccc(Cl)cc3)cc21. The highest BCUT2D eigenvalue weighted by Crippen LogP contribution is 2.40. The molecule has 0 amide bonds. The number of anilines is 1. The molecule has 2 nitrogen and oxygen atoms in total. The maximum Gasteiger partial charge on any atom is 0.0630 e. The summed E-state index contributed by atoms with van der Waals surface area (Å²) >= 11 is 12.4. The molecule has 1 aliphatic heterocycles. The molecule has 3 rings (SSSR count). The fraction of sp³-hybridized carbons (Fsp3) is 0.250. The molecule has 24 heavy (non-hydrogen) atoms. The van der Waals surface area contributed by atoms with Crippen LogP contribution in [0.5, 0.6) is 0 Å². The normalized spacial score (nSPS) is 16.2. The predicted octanol–water partition coefficient (Wildman–Crippen LogP) is 6.38. The van der Waals surface area contributed by atoms with E-state index in [4.69, 9.17) is 23.2 Å². The van der Waals surface area contributed by atoms with Crippen molar-refractivity contribution in [1.82, 2.24) is 0 Å². The lowest BCUT2D eigenvalue weighted by Crippen LogP contribution is -2.42. The van der Waals surface area contributed by atoms with Crippen LogP contribution in [0.15, 0.2) is 47.5 Å². The molecule has 0 saturated heterocycles. The third-order valence-corrected chi connectivity index (χ3v) is 5.09. The number of allylic oxidation sites excluding steroid dienone is 1. The van der Waals surface area contributed by atoms with Gasteiger partial charge in [0, 0.05) is 35.1 Å². The molecule has 0 saturated carbocycles. The molecular formula is C20H20Cl2N2. The van der Waals surface area contributed by atoms with Gasteiger partial charge in [-0.25, -0.2) is 0 Å². The summed E-state index contributed by atoms with van der Waals surface area (Å²) < 4.78 is 0. The van der Waals surface area contributed by atoms with Crippen molar-refractivity contribution in [2.45, 2.75) is 26.3 Å². The zero-order chi connectivity index (χ0) is 17.5. The van der Waals surface area contributed by atoms with Gasteiger partial charge in [0.1, 0.15) is 0 Å². The first-order valence-electron chi connectivity index (χ1n) is 7.85. The van der Waals surface area contributed by atoms with Gasteiger partial charge in [0.05, 0.1) is 16.2 Å². The minimum absolute atomic E-state index is 0.0284. The van der Waals surface area contributed by atoms with Gasteiger partial charge in [-0.3, -0.25) is 4.99 Å². The Bertz CT molecular complexity index is 833. The Morgan fingerprint density at radius 3 is 2.42 bits per heavy atom. The molecule has 0 spiro atoms. The van der Waals surface area contributed by atoms with Gasteiger partial charge in [0.15, 0.2) is 0 Å². The Morgan fingerprint density at radius 2 is 1.75 bits per heavy atom. The van der Waals surface area contributed by atoms with E-state index in [-0.39, 0.29) is 5.54 Å². The highest BCUT2D eigenvalue weighted by Gasteiger charge is 2.28. The minimum Gasteiger partial charge on any atom is -0.365 e. The smallest absolute Gasteiger partial charge is 0.0630 e. The number of aliphatic imine (C=N–C) groups is 1. The fourth-order valence-corrected chi connectivity index (χ4v) is 3.29. The standard InChI is InChI=1S/C20H20Cl2N2/c1-13-11-20(2,3)24(4)19-10-18(22)14(9-17(13)19)12-23-16-7-5-15(21)6-8-16/h5-12H,1-4H3.